The maximum atomic E-state index is 13.0. The predicted molar refractivity (Wildman–Crippen MR) is 110 cm³/mol. The number of ether oxygens (including phenoxy) is 2. The fourth-order valence-corrected chi connectivity index (χ4v) is 3.03. The van der Waals surface area contributed by atoms with Gasteiger partial charge in [-0.3, -0.25) is 4.79 Å². The van der Waals surface area contributed by atoms with E-state index in [4.69, 9.17) is 9.47 Å². The number of benzene rings is 3. The second-order valence-corrected chi connectivity index (χ2v) is 6.64. The summed E-state index contributed by atoms with van der Waals surface area (Å²) in [4.78, 5) is 15.5. The lowest BCUT2D eigenvalue weighted by Gasteiger charge is -2.09. The maximum Gasteiger partial charge on any atom is 0.193 e. The van der Waals surface area contributed by atoms with E-state index in [2.05, 4.69) is 4.98 Å². The van der Waals surface area contributed by atoms with E-state index in [1.165, 1.54) is 24.3 Å². The summed E-state index contributed by atoms with van der Waals surface area (Å²) in [7, 11) is 0. The number of fused-ring (bicyclic) bond motifs is 1. The monoisotopic (exact) mass is 389 g/mol. The molecular formula is C24H20FNO3. The van der Waals surface area contributed by atoms with Gasteiger partial charge in [-0.05, 0) is 72.1 Å². The molecule has 1 heterocycles. The van der Waals surface area contributed by atoms with Gasteiger partial charge in [0.15, 0.2) is 5.78 Å². The van der Waals surface area contributed by atoms with Crippen molar-refractivity contribution in [3.63, 3.8) is 0 Å². The molecule has 4 rings (SSSR count). The number of hydrogen-bond donors (Lipinski definition) is 1. The van der Waals surface area contributed by atoms with Crippen LogP contribution in [-0.4, -0.2) is 24.0 Å². The number of ketones is 1. The van der Waals surface area contributed by atoms with Gasteiger partial charge < -0.3 is 14.5 Å². The van der Waals surface area contributed by atoms with E-state index in [1.54, 1.807) is 24.3 Å². The number of carbonyl (C=O) groups excluding carboxylic acids is 1. The summed E-state index contributed by atoms with van der Waals surface area (Å²) < 4.78 is 24.5. The number of H-pyrrole nitrogens is 1. The molecule has 0 bridgehead atoms. The third kappa shape index (κ3) is 4.63. The van der Waals surface area contributed by atoms with Crippen LogP contribution in [0.15, 0.2) is 79.0 Å². The molecular weight excluding hydrogens is 369 g/mol. The molecule has 0 fully saturated rings. The van der Waals surface area contributed by atoms with Crippen LogP contribution in [0, 0.1) is 5.82 Å². The minimum atomic E-state index is -0.362. The summed E-state index contributed by atoms with van der Waals surface area (Å²) in [6, 6.07) is 20.4. The number of rotatable bonds is 8. The topological polar surface area (TPSA) is 51.3 Å². The highest BCUT2D eigenvalue weighted by Gasteiger charge is 2.09. The summed E-state index contributed by atoms with van der Waals surface area (Å²) in [5.74, 6) is 1.00. The lowest BCUT2D eigenvalue weighted by Crippen LogP contribution is -2.05. The van der Waals surface area contributed by atoms with Crippen molar-refractivity contribution in [1.82, 2.24) is 4.98 Å². The summed E-state index contributed by atoms with van der Waals surface area (Å²) in [5, 5.41) is 1.15. The maximum absolute atomic E-state index is 13.0. The van der Waals surface area contributed by atoms with Crippen LogP contribution in [-0.2, 0) is 0 Å². The highest BCUT2D eigenvalue weighted by atomic mass is 19.1. The van der Waals surface area contributed by atoms with Crippen molar-refractivity contribution in [2.24, 2.45) is 0 Å². The minimum Gasteiger partial charge on any atom is -0.493 e. The Balaban J connectivity index is 1.23. The van der Waals surface area contributed by atoms with Gasteiger partial charge in [0.2, 0.25) is 0 Å². The highest BCUT2D eigenvalue weighted by Crippen LogP contribution is 2.20. The van der Waals surface area contributed by atoms with Gasteiger partial charge in [-0.25, -0.2) is 4.39 Å². The normalized spacial score (nSPS) is 10.8. The second kappa shape index (κ2) is 8.61. The van der Waals surface area contributed by atoms with E-state index in [-0.39, 0.29) is 11.6 Å². The van der Waals surface area contributed by atoms with E-state index in [0.717, 1.165) is 23.1 Å². The molecule has 0 spiro atoms. The molecule has 5 heteroatoms. The summed E-state index contributed by atoms with van der Waals surface area (Å²) >= 11 is 0. The van der Waals surface area contributed by atoms with E-state index < -0.39 is 0 Å². The first-order chi connectivity index (χ1) is 14.2. The van der Waals surface area contributed by atoms with Crippen LogP contribution in [0.4, 0.5) is 4.39 Å². The minimum absolute atomic E-state index is 0.149. The Morgan fingerprint density at radius 3 is 2.14 bits per heavy atom. The third-order valence-corrected chi connectivity index (χ3v) is 4.58. The van der Waals surface area contributed by atoms with Crippen molar-refractivity contribution < 1.29 is 18.7 Å². The van der Waals surface area contributed by atoms with Crippen LogP contribution in [0.1, 0.15) is 22.3 Å². The van der Waals surface area contributed by atoms with Gasteiger partial charge in [-0.15, -0.1) is 0 Å². The van der Waals surface area contributed by atoms with E-state index in [1.807, 2.05) is 30.5 Å². The van der Waals surface area contributed by atoms with Crippen molar-refractivity contribution in [3.05, 3.63) is 95.9 Å². The van der Waals surface area contributed by atoms with Crippen molar-refractivity contribution >= 4 is 16.7 Å². The Kier molecular flexibility index (Phi) is 5.56. The van der Waals surface area contributed by atoms with Gasteiger partial charge in [0.05, 0.1) is 13.2 Å². The smallest absolute Gasteiger partial charge is 0.193 e. The largest absolute Gasteiger partial charge is 0.493 e. The Labute approximate surface area is 167 Å². The zero-order valence-electron chi connectivity index (χ0n) is 15.7. The quantitative estimate of drug-likeness (QED) is 0.325. The molecule has 0 saturated carbocycles. The Hall–Kier alpha value is -3.60. The van der Waals surface area contributed by atoms with Gasteiger partial charge in [-0.1, -0.05) is 0 Å². The second-order valence-electron chi connectivity index (χ2n) is 6.64. The van der Waals surface area contributed by atoms with Gasteiger partial charge >= 0.3 is 0 Å². The Morgan fingerprint density at radius 1 is 0.793 bits per heavy atom. The molecule has 0 saturated heterocycles. The number of aromatic amines is 1. The summed E-state index contributed by atoms with van der Waals surface area (Å²) in [6.45, 7) is 1.06. The summed E-state index contributed by atoms with van der Waals surface area (Å²) in [5.41, 5.74) is 2.04. The highest BCUT2D eigenvalue weighted by molar-refractivity contribution is 6.09. The van der Waals surface area contributed by atoms with Crippen LogP contribution in [0.25, 0.3) is 10.9 Å². The van der Waals surface area contributed by atoms with E-state index >= 15 is 0 Å². The SMILES string of the molecule is O=C(c1ccc(F)cc1)c1ccc(OCCCOc2ccc3cc[nH]c3c2)cc1. The van der Waals surface area contributed by atoms with Gasteiger partial charge in [0, 0.05) is 35.3 Å². The molecule has 1 aromatic heterocycles. The first-order valence-electron chi connectivity index (χ1n) is 9.42. The number of aromatic nitrogens is 1. The molecule has 4 nitrogen and oxygen atoms in total. The number of nitrogens with one attached hydrogen (secondary N) is 1. The van der Waals surface area contributed by atoms with Crippen LogP contribution in [0.2, 0.25) is 0 Å². The zero-order valence-corrected chi connectivity index (χ0v) is 15.7. The van der Waals surface area contributed by atoms with Crippen LogP contribution < -0.4 is 9.47 Å². The molecule has 0 aliphatic rings. The average Bonchev–Trinajstić information content (AvgIpc) is 3.22. The molecule has 0 amide bonds. The molecule has 146 valence electrons. The van der Waals surface area contributed by atoms with Crippen molar-refractivity contribution in [3.8, 4) is 11.5 Å². The lowest BCUT2D eigenvalue weighted by molar-refractivity contribution is 0.103. The molecule has 4 aromatic rings. The standard InChI is InChI=1S/C24H20FNO3/c25-20-7-2-18(3-8-20)24(27)19-5-9-21(10-6-19)28-14-1-15-29-22-11-4-17-12-13-26-23(17)16-22/h2-13,16,26H,1,14-15H2. The average molecular weight is 389 g/mol. The summed E-state index contributed by atoms with van der Waals surface area (Å²) in [6.07, 6.45) is 2.64. The molecule has 0 unspecified atom stereocenters. The molecule has 1 N–H and O–H groups in total. The predicted octanol–water partition coefficient (Wildman–Crippen LogP) is 5.39. The Morgan fingerprint density at radius 2 is 1.41 bits per heavy atom. The van der Waals surface area contributed by atoms with Crippen molar-refractivity contribution in [1.29, 1.82) is 0 Å². The Bertz CT molecular complexity index is 1100. The van der Waals surface area contributed by atoms with Gasteiger partial charge in [-0.2, -0.15) is 0 Å². The zero-order chi connectivity index (χ0) is 20.1. The van der Waals surface area contributed by atoms with E-state index in [0.29, 0.717) is 30.1 Å². The molecule has 29 heavy (non-hydrogen) atoms. The number of hydrogen-bond acceptors (Lipinski definition) is 3. The molecule has 3 aromatic carbocycles. The molecule has 0 aliphatic heterocycles. The van der Waals surface area contributed by atoms with Gasteiger partial charge in [0.25, 0.3) is 0 Å². The fourth-order valence-electron chi connectivity index (χ4n) is 3.03. The van der Waals surface area contributed by atoms with Crippen LogP contribution in [0.5, 0.6) is 11.5 Å². The van der Waals surface area contributed by atoms with Crippen molar-refractivity contribution in [2.75, 3.05) is 13.2 Å². The first kappa shape index (κ1) is 18.7. The van der Waals surface area contributed by atoms with Crippen LogP contribution in [0.3, 0.4) is 0 Å². The van der Waals surface area contributed by atoms with Gasteiger partial charge in [0.1, 0.15) is 17.3 Å². The fraction of sp³-hybridized carbons (Fsp3) is 0.125. The first-order valence-corrected chi connectivity index (χ1v) is 9.42. The number of halogens is 1. The molecule has 0 aliphatic carbocycles. The van der Waals surface area contributed by atoms with E-state index in [9.17, 15) is 9.18 Å². The van der Waals surface area contributed by atoms with Crippen LogP contribution >= 0.6 is 0 Å². The molecule has 0 atom stereocenters. The number of carbonyl (C=O) groups is 1. The lowest BCUT2D eigenvalue weighted by atomic mass is 10.0. The van der Waals surface area contributed by atoms with Crippen molar-refractivity contribution in [2.45, 2.75) is 6.42 Å². The third-order valence-electron chi connectivity index (χ3n) is 4.58. The molecule has 0 radical (unpaired) electrons.